The van der Waals surface area contributed by atoms with Crippen molar-refractivity contribution in [2.75, 3.05) is 30.7 Å². The average Bonchev–Trinajstić information content (AvgIpc) is 2.71. The summed E-state index contributed by atoms with van der Waals surface area (Å²) in [6, 6.07) is 11.0. The maximum absolute atomic E-state index is 13.7. The molecule has 1 fully saturated rings. The highest BCUT2D eigenvalue weighted by molar-refractivity contribution is 9.10. The molecule has 0 aromatic heterocycles. The highest BCUT2D eigenvalue weighted by atomic mass is 79.9. The largest absolute Gasteiger partial charge is 0.493 e. The van der Waals surface area contributed by atoms with Crippen LogP contribution in [0.15, 0.2) is 45.8 Å². The summed E-state index contributed by atoms with van der Waals surface area (Å²) in [5.41, 5.74) is 2.76. The van der Waals surface area contributed by atoms with Gasteiger partial charge in [0.05, 0.1) is 12.3 Å². The van der Waals surface area contributed by atoms with E-state index < -0.39 is 10.0 Å². The van der Waals surface area contributed by atoms with Crippen LogP contribution in [0.2, 0.25) is 0 Å². The van der Waals surface area contributed by atoms with Gasteiger partial charge in [-0.3, -0.25) is 4.31 Å². The minimum Gasteiger partial charge on any atom is -0.493 e. The van der Waals surface area contributed by atoms with Gasteiger partial charge in [-0.25, -0.2) is 8.42 Å². The minimum atomic E-state index is -3.75. The minimum absolute atomic E-state index is 0.177. The summed E-state index contributed by atoms with van der Waals surface area (Å²) >= 11 is 3.48. The Kier molecular flexibility index (Phi) is 8.05. The number of nitrogens with zero attached hydrogens (tertiary/aromatic N) is 1. The van der Waals surface area contributed by atoms with Gasteiger partial charge in [0.25, 0.3) is 10.0 Å². The van der Waals surface area contributed by atoms with Crippen molar-refractivity contribution in [1.82, 2.24) is 0 Å². The first kappa shape index (κ1) is 24.1. The van der Waals surface area contributed by atoms with Gasteiger partial charge in [-0.2, -0.15) is 0 Å². The molecule has 2 aromatic carbocycles. The number of rotatable bonds is 8. The van der Waals surface area contributed by atoms with Crippen molar-refractivity contribution in [3.63, 3.8) is 0 Å². The van der Waals surface area contributed by atoms with Crippen molar-refractivity contribution in [2.24, 2.45) is 11.8 Å². The summed E-state index contributed by atoms with van der Waals surface area (Å²) < 4.78 is 40.7. The number of aryl methyl sites for hydroxylation is 2. The van der Waals surface area contributed by atoms with Gasteiger partial charge in [-0.1, -0.05) is 31.5 Å². The molecule has 0 aliphatic carbocycles. The summed E-state index contributed by atoms with van der Waals surface area (Å²) in [5.74, 6) is 1.32. The van der Waals surface area contributed by atoms with Crippen molar-refractivity contribution in [3.05, 3.63) is 52.0 Å². The number of hydrogen-bond acceptors (Lipinski definition) is 4. The predicted molar refractivity (Wildman–Crippen MR) is 128 cm³/mol. The van der Waals surface area contributed by atoms with Crippen molar-refractivity contribution >= 4 is 31.6 Å². The lowest BCUT2D eigenvalue weighted by Crippen LogP contribution is -2.35. The number of anilines is 1. The summed E-state index contributed by atoms with van der Waals surface area (Å²) in [7, 11) is -3.75. The van der Waals surface area contributed by atoms with Gasteiger partial charge in [-0.15, -0.1) is 0 Å². The smallest absolute Gasteiger partial charge is 0.265 e. The van der Waals surface area contributed by atoms with E-state index in [2.05, 4.69) is 15.9 Å². The molecule has 31 heavy (non-hydrogen) atoms. The average molecular weight is 510 g/mol. The third kappa shape index (κ3) is 6.02. The van der Waals surface area contributed by atoms with Gasteiger partial charge in [0, 0.05) is 24.2 Å². The van der Waals surface area contributed by atoms with Crippen LogP contribution in [0.25, 0.3) is 0 Å². The third-order valence-corrected chi connectivity index (χ3v) is 8.21. The second-order valence-corrected chi connectivity index (χ2v) is 11.4. The van der Waals surface area contributed by atoms with Crippen molar-refractivity contribution in [2.45, 2.75) is 45.4 Å². The molecule has 1 heterocycles. The number of hydrogen-bond donors (Lipinski definition) is 0. The molecule has 0 bridgehead atoms. The molecule has 3 rings (SSSR count). The van der Waals surface area contributed by atoms with Crippen LogP contribution in [0.3, 0.4) is 0 Å². The fraction of sp³-hybridized carbons (Fsp3) is 0.500. The zero-order valence-electron chi connectivity index (χ0n) is 18.7. The molecule has 1 aliphatic heterocycles. The van der Waals surface area contributed by atoms with E-state index in [0.717, 1.165) is 37.2 Å². The predicted octanol–water partition coefficient (Wildman–Crippen LogP) is 5.72. The van der Waals surface area contributed by atoms with Crippen LogP contribution < -0.4 is 9.04 Å². The van der Waals surface area contributed by atoms with Gasteiger partial charge in [0.15, 0.2) is 0 Å². The number of sulfonamides is 1. The molecular weight excluding hydrogens is 478 g/mol. The van der Waals surface area contributed by atoms with Gasteiger partial charge in [0.1, 0.15) is 10.6 Å². The zero-order valence-corrected chi connectivity index (χ0v) is 21.1. The van der Waals surface area contributed by atoms with Gasteiger partial charge >= 0.3 is 0 Å². The Morgan fingerprint density at radius 3 is 2.45 bits per heavy atom. The second kappa shape index (κ2) is 10.4. The normalized spacial score (nSPS) is 15.3. The van der Waals surface area contributed by atoms with Crippen LogP contribution in [-0.4, -0.2) is 34.8 Å². The van der Waals surface area contributed by atoms with Crippen LogP contribution >= 0.6 is 15.9 Å². The molecule has 1 aliphatic rings. The van der Waals surface area contributed by atoms with E-state index in [-0.39, 0.29) is 10.8 Å². The summed E-state index contributed by atoms with van der Waals surface area (Å²) in [6.45, 7) is 10.6. The maximum atomic E-state index is 13.7. The monoisotopic (exact) mass is 509 g/mol. The van der Waals surface area contributed by atoms with Crippen molar-refractivity contribution in [3.8, 4) is 5.75 Å². The van der Waals surface area contributed by atoms with E-state index in [9.17, 15) is 8.42 Å². The Bertz CT molecular complexity index is 1000. The molecule has 0 spiro atoms. The zero-order chi connectivity index (χ0) is 22.6. The summed E-state index contributed by atoms with van der Waals surface area (Å²) in [4.78, 5) is 0.242. The molecule has 0 atom stereocenters. The molecule has 0 radical (unpaired) electrons. The highest BCUT2D eigenvalue weighted by Crippen LogP contribution is 2.34. The molecule has 170 valence electrons. The SMILES string of the molecule is Cc1ccc(N(CC(C)C)S(=O)(=O)c2ccc(OCC3CCOCC3)cc2Br)c(C)c1. The standard InChI is InChI=1S/C24H32BrNO4S/c1-17(2)15-26(23-7-5-18(3)13-19(23)4)31(27,28)24-8-6-21(14-22(24)25)30-16-20-9-11-29-12-10-20/h5-8,13-14,17,20H,9-12,15-16H2,1-4H3. The third-order valence-electron chi connectivity index (χ3n) is 5.45. The first-order valence-corrected chi connectivity index (χ1v) is 13.0. The number of ether oxygens (including phenoxy) is 2. The summed E-state index contributed by atoms with van der Waals surface area (Å²) in [6.07, 6.45) is 1.99. The van der Waals surface area contributed by atoms with E-state index in [1.165, 1.54) is 4.31 Å². The molecule has 1 saturated heterocycles. The van der Waals surface area contributed by atoms with Crippen LogP contribution in [0, 0.1) is 25.7 Å². The first-order valence-electron chi connectivity index (χ1n) is 10.8. The van der Waals surface area contributed by atoms with E-state index in [1.807, 2.05) is 45.9 Å². The Labute approximate surface area is 194 Å². The van der Waals surface area contributed by atoms with Gasteiger partial charge in [0.2, 0.25) is 0 Å². The Hall–Kier alpha value is -1.57. The van der Waals surface area contributed by atoms with E-state index >= 15 is 0 Å². The number of halogens is 1. The van der Waals surface area contributed by atoms with E-state index in [4.69, 9.17) is 9.47 Å². The molecule has 2 aromatic rings. The second-order valence-electron chi connectivity index (χ2n) is 8.68. The Balaban J connectivity index is 1.86. The van der Waals surface area contributed by atoms with Crippen molar-refractivity contribution < 1.29 is 17.9 Å². The topological polar surface area (TPSA) is 55.8 Å². The Morgan fingerprint density at radius 2 is 1.84 bits per heavy atom. The lowest BCUT2D eigenvalue weighted by molar-refractivity contribution is 0.0497. The number of benzene rings is 2. The maximum Gasteiger partial charge on any atom is 0.265 e. The first-order chi connectivity index (χ1) is 14.7. The molecule has 7 heteroatoms. The molecule has 0 unspecified atom stereocenters. The lowest BCUT2D eigenvalue weighted by Gasteiger charge is -2.28. The lowest BCUT2D eigenvalue weighted by atomic mass is 10.0. The van der Waals surface area contributed by atoms with Crippen LogP contribution in [0.5, 0.6) is 5.75 Å². The molecule has 5 nitrogen and oxygen atoms in total. The van der Waals surface area contributed by atoms with Crippen molar-refractivity contribution in [1.29, 1.82) is 0 Å². The van der Waals surface area contributed by atoms with Crippen LogP contribution in [-0.2, 0) is 14.8 Å². The van der Waals surface area contributed by atoms with Gasteiger partial charge in [-0.05, 0) is 84.3 Å². The van der Waals surface area contributed by atoms with E-state index in [1.54, 1.807) is 18.2 Å². The highest BCUT2D eigenvalue weighted by Gasteiger charge is 2.29. The fourth-order valence-corrected chi connectivity index (χ4v) is 6.48. The fourth-order valence-electron chi connectivity index (χ4n) is 3.77. The molecule has 0 amide bonds. The van der Waals surface area contributed by atoms with E-state index in [0.29, 0.717) is 35.0 Å². The quantitative estimate of drug-likeness (QED) is 0.456. The molecular formula is C24H32BrNO4S. The van der Waals surface area contributed by atoms with Crippen LogP contribution in [0.1, 0.15) is 37.8 Å². The molecule has 0 saturated carbocycles. The van der Waals surface area contributed by atoms with Gasteiger partial charge < -0.3 is 9.47 Å². The van der Waals surface area contributed by atoms with Crippen LogP contribution in [0.4, 0.5) is 5.69 Å². The summed E-state index contributed by atoms with van der Waals surface area (Å²) in [5, 5.41) is 0. The Morgan fingerprint density at radius 1 is 1.13 bits per heavy atom. The molecule has 0 N–H and O–H groups in total.